The summed E-state index contributed by atoms with van der Waals surface area (Å²) < 4.78 is 12.5. The summed E-state index contributed by atoms with van der Waals surface area (Å²) in [6, 6.07) is 8.70. The molecule has 0 radical (unpaired) electrons. The molecule has 0 bridgehead atoms. The number of hydrogen-bond acceptors (Lipinski definition) is 2. The average molecular weight is 333 g/mol. The summed E-state index contributed by atoms with van der Waals surface area (Å²) in [6.07, 6.45) is 10.2. The van der Waals surface area contributed by atoms with Gasteiger partial charge in [0.1, 0.15) is 5.75 Å². The summed E-state index contributed by atoms with van der Waals surface area (Å²) in [5.74, 6) is 1.96. The molecule has 0 spiro atoms. The van der Waals surface area contributed by atoms with Crippen LogP contribution in [0.15, 0.2) is 24.3 Å². The molecule has 1 aromatic carbocycles. The minimum Gasteiger partial charge on any atom is -0.465 e. The molecule has 1 fully saturated rings. The van der Waals surface area contributed by atoms with E-state index < -0.39 is 0 Å². The van der Waals surface area contributed by atoms with Crippen molar-refractivity contribution >= 4 is 0 Å². The van der Waals surface area contributed by atoms with Crippen LogP contribution in [-0.4, -0.2) is 12.4 Å². The highest BCUT2D eigenvalue weighted by molar-refractivity contribution is 5.29. The minimum absolute atomic E-state index is 0.142. The summed E-state index contributed by atoms with van der Waals surface area (Å²) in [7, 11) is 0. The smallest absolute Gasteiger partial charge is 0.202 e. The van der Waals surface area contributed by atoms with Crippen molar-refractivity contribution in [3.05, 3.63) is 29.8 Å². The third-order valence-corrected chi connectivity index (χ3v) is 5.16. The van der Waals surface area contributed by atoms with Gasteiger partial charge < -0.3 is 9.47 Å². The second-order valence-electron chi connectivity index (χ2n) is 7.59. The van der Waals surface area contributed by atoms with Crippen LogP contribution in [0.2, 0.25) is 0 Å². The lowest BCUT2D eigenvalue weighted by Crippen LogP contribution is -2.32. The van der Waals surface area contributed by atoms with Crippen LogP contribution in [0.3, 0.4) is 0 Å². The highest BCUT2D eigenvalue weighted by Gasteiger charge is 2.23. The maximum atomic E-state index is 6.27. The molecule has 1 aliphatic carbocycles. The summed E-state index contributed by atoms with van der Waals surface area (Å²) in [4.78, 5) is 0. The Kier molecular flexibility index (Phi) is 8.11. The first kappa shape index (κ1) is 19.3. The first-order valence-electron chi connectivity index (χ1n) is 10.1. The molecule has 0 aromatic heterocycles. The van der Waals surface area contributed by atoms with Gasteiger partial charge in [-0.1, -0.05) is 65.5 Å². The molecule has 2 rings (SSSR count). The van der Waals surface area contributed by atoms with Gasteiger partial charge in [-0.25, -0.2) is 0 Å². The molecule has 0 N–H and O–H groups in total. The van der Waals surface area contributed by atoms with Gasteiger partial charge in [-0.05, 0) is 49.3 Å². The van der Waals surface area contributed by atoms with Gasteiger partial charge in [0.05, 0.1) is 6.10 Å². The van der Waals surface area contributed by atoms with Crippen LogP contribution in [0.4, 0.5) is 0 Å². The van der Waals surface area contributed by atoms with E-state index in [9.17, 15) is 0 Å². The molecule has 1 aromatic rings. The van der Waals surface area contributed by atoms with Gasteiger partial charge in [-0.3, -0.25) is 0 Å². The highest BCUT2D eigenvalue weighted by atomic mass is 16.7. The lowest BCUT2D eigenvalue weighted by atomic mass is 9.92. The lowest BCUT2D eigenvalue weighted by Gasteiger charge is -2.30. The molecule has 2 nitrogen and oxygen atoms in total. The molecule has 1 aliphatic rings. The van der Waals surface area contributed by atoms with Crippen molar-refractivity contribution in [1.29, 1.82) is 0 Å². The zero-order valence-corrected chi connectivity index (χ0v) is 16.1. The first-order valence-corrected chi connectivity index (χ1v) is 10.1. The molecule has 24 heavy (non-hydrogen) atoms. The number of hydrogen-bond donors (Lipinski definition) is 0. The SMILES string of the molecule is CCCC(CC)c1ccc(OC(OC2CCCCC2)C(C)C)cc1. The second kappa shape index (κ2) is 10.1. The number of rotatable bonds is 9. The molecule has 0 aliphatic heterocycles. The van der Waals surface area contributed by atoms with Gasteiger partial charge in [-0.15, -0.1) is 0 Å². The van der Waals surface area contributed by atoms with Crippen LogP contribution >= 0.6 is 0 Å². The van der Waals surface area contributed by atoms with Crippen LogP contribution in [0.25, 0.3) is 0 Å². The van der Waals surface area contributed by atoms with E-state index >= 15 is 0 Å². The Labute approximate surface area is 148 Å². The van der Waals surface area contributed by atoms with E-state index in [0.29, 0.717) is 17.9 Å². The van der Waals surface area contributed by atoms with Crippen LogP contribution in [0, 0.1) is 5.92 Å². The minimum atomic E-state index is -0.142. The molecular weight excluding hydrogens is 296 g/mol. The maximum absolute atomic E-state index is 6.27. The quantitative estimate of drug-likeness (QED) is 0.469. The van der Waals surface area contributed by atoms with Crippen molar-refractivity contribution in [2.24, 2.45) is 5.92 Å². The summed E-state index contributed by atoms with van der Waals surface area (Å²) >= 11 is 0. The van der Waals surface area contributed by atoms with E-state index in [-0.39, 0.29) is 6.29 Å². The van der Waals surface area contributed by atoms with Crippen LogP contribution < -0.4 is 4.74 Å². The van der Waals surface area contributed by atoms with Crippen molar-refractivity contribution in [2.75, 3.05) is 0 Å². The molecule has 2 unspecified atom stereocenters. The zero-order valence-electron chi connectivity index (χ0n) is 16.1. The Morgan fingerprint density at radius 2 is 1.67 bits per heavy atom. The lowest BCUT2D eigenvalue weighted by molar-refractivity contribution is -0.150. The number of benzene rings is 1. The standard InChI is InChI=1S/C22H36O2/c1-5-10-18(6-2)19-13-15-21(16-14-19)24-22(17(3)4)23-20-11-8-7-9-12-20/h13-18,20,22H,5-12H2,1-4H3. The topological polar surface area (TPSA) is 18.5 Å². The van der Waals surface area contributed by atoms with Gasteiger partial charge in [0, 0.05) is 5.92 Å². The van der Waals surface area contributed by atoms with E-state index in [4.69, 9.17) is 9.47 Å². The highest BCUT2D eigenvalue weighted by Crippen LogP contribution is 2.28. The van der Waals surface area contributed by atoms with Crippen LogP contribution in [0.1, 0.15) is 90.5 Å². The van der Waals surface area contributed by atoms with Crippen molar-refractivity contribution in [3.8, 4) is 5.75 Å². The van der Waals surface area contributed by atoms with Gasteiger partial charge in [0.25, 0.3) is 0 Å². The summed E-state index contributed by atoms with van der Waals surface area (Å²) in [5.41, 5.74) is 1.43. The molecule has 1 saturated carbocycles. The van der Waals surface area contributed by atoms with Gasteiger partial charge in [-0.2, -0.15) is 0 Å². The zero-order chi connectivity index (χ0) is 17.4. The second-order valence-corrected chi connectivity index (χ2v) is 7.59. The van der Waals surface area contributed by atoms with Crippen molar-refractivity contribution in [2.45, 2.75) is 97.4 Å². The van der Waals surface area contributed by atoms with Gasteiger partial charge in [0.2, 0.25) is 6.29 Å². The third-order valence-electron chi connectivity index (χ3n) is 5.16. The Bertz CT molecular complexity index is 446. The van der Waals surface area contributed by atoms with Crippen molar-refractivity contribution in [1.82, 2.24) is 0 Å². The van der Waals surface area contributed by atoms with E-state index in [0.717, 1.165) is 5.75 Å². The van der Waals surface area contributed by atoms with Gasteiger partial charge >= 0.3 is 0 Å². The first-order chi connectivity index (χ1) is 11.6. The summed E-state index contributed by atoms with van der Waals surface area (Å²) in [6.45, 7) is 8.89. The molecule has 2 atom stereocenters. The predicted molar refractivity (Wildman–Crippen MR) is 102 cm³/mol. The van der Waals surface area contributed by atoms with Crippen LogP contribution in [-0.2, 0) is 4.74 Å². The fourth-order valence-corrected chi connectivity index (χ4v) is 3.62. The predicted octanol–water partition coefficient (Wildman–Crippen LogP) is 6.69. The van der Waals surface area contributed by atoms with Crippen molar-refractivity contribution in [3.63, 3.8) is 0 Å². The maximum Gasteiger partial charge on any atom is 0.202 e. The van der Waals surface area contributed by atoms with Crippen molar-refractivity contribution < 1.29 is 9.47 Å². The molecule has 0 amide bonds. The fourth-order valence-electron chi connectivity index (χ4n) is 3.62. The van der Waals surface area contributed by atoms with E-state index in [1.165, 1.54) is 56.9 Å². The Hall–Kier alpha value is -1.02. The normalized spacial score (nSPS) is 18.5. The Morgan fingerprint density at radius 3 is 2.21 bits per heavy atom. The number of ether oxygens (including phenoxy) is 2. The van der Waals surface area contributed by atoms with E-state index in [2.05, 4.69) is 52.0 Å². The van der Waals surface area contributed by atoms with Gasteiger partial charge in [0.15, 0.2) is 0 Å². The van der Waals surface area contributed by atoms with Crippen LogP contribution in [0.5, 0.6) is 5.75 Å². The molecule has 0 heterocycles. The monoisotopic (exact) mass is 332 g/mol. The summed E-state index contributed by atoms with van der Waals surface area (Å²) in [5, 5.41) is 0. The largest absolute Gasteiger partial charge is 0.465 e. The third kappa shape index (κ3) is 5.81. The van der Waals surface area contributed by atoms with E-state index in [1.807, 2.05) is 0 Å². The Morgan fingerprint density at radius 1 is 1.00 bits per heavy atom. The van der Waals surface area contributed by atoms with E-state index in [1.54, 1.807) is 0 Å². The Balaban J connectivity index is 1.95. The molecular formula is C22H36O2. The molecule has 0 saturated heterocycles. The fraction of sp³-hybridized carbons (Fsp3) is 0.727. The molecule has 136 valence electrons. The molecule has 2 heteroatoms. The average Bonchev–Trinajstić information content (AvgIpc) is 2.60.